The zero-order valence-electron chi connectivity index (χ0n) is 22.4. The third kappa shape index (κ3) is 5.98. The highest BCUT2D eigenvalue weighted by Crippen LogP contribution is 2.59. The van der Waals surface area contributed by atoms with Crippen LogP contribution in [0.3, 0.4) is 0 Å². The lowest BCUT2D eigenvalue weighted by molar-refractivity contribution is 0.288. The second-order valence-electron chi connectivity index (χ2n) is 10.9. The van der Waals surface area contributed by atoms with Crippen molar-refractivity contribution in [2.45, 2.75) is 94.5 Å². The zero-order valence-corrected chi connectivity index (χ0v) is 26.7. The molecule has 0 bridgehead atoms. The number of rotatable bonds is 10. The van der Waals surface area contributed by atoms with Crippen molar-refractivity contribution in [2.75, 3.05) is 19.0 Å². The molecule has 0 radical (unpaired) electrons. The molecule has 36 heavy (non-hydrogen) atoms. The molecule has 2 heterocycles. The van der Waals surface area contributed by atoms with Gasteiger partial charge in [0.2, 0.25) is 0 Å². The minimum absolute atomic E-state index is 0.201. The van der Waals surface area contributed by atoms with Crippen LogP contribution in [0, 0.1) is 17.1 Å². The zero-order chi connectivity index (χ0) is 27.6. The van der Waals surface area contributed by atoms with Gasteiger partial charge in [-0.05, 0) is 67.7 Å². The molecule has 1 aliphatic rings. The lowest BCUT2D eigenvalue weighted by Gasteiger charge is -2.52. The molecular weight excluding hydrogens is 586 g/mol. The second kappa shape index (κ2) is 11.9. The molecule has 12 heteroatoms. The Morgan fingerprint density at radius 2 is 1.94 bits per heavy atom. The van der Waals surface area contributed by atoms with Gasteiger partial charge in [0.1, 0.15) is 37.8 Å². The second-order valence-corrected chi connectivity index (χ2v) is 21.8. The molecule has 206 valence electrons. The van der Waals surface area contributed by atoms with Crippen LogP contribution in [-0.2, 0) is 16.9 Å². The maximum Gasteiger partial charge on any atom is 0.147 e. The van der Waals surface area contributed by atoms with E-state index in [0.717, 1.165) is 18.1 Å². The van der Waals surface area contributed by atoms with Crippen molar-refractivity contribution in [3.05, 3.63) is 22.2 Å². The van der Waals surface area contributed by atoms with Crippen LogP contribution in [0.4, 0.5) is 8.78 Å². The van der Waals surface area contributed by atoms with E-state index < -0.39 is 57.5 Å². The largest absolute Gasteiger partial charge is 0.598 e. The van der Waals surface area contributed by atoms with E-state index in [1.807, 2.05) is 0 Å². The van der Waals surface area contributed by atoms with E-state index in [0.29, 0.717) is 29.2 Å². The Morgan fingerprint density at radius 3 is 2.42 bits per heavy atom. The number of nitriles is 1. The number of nitrogens with zero attached hydrogens (tertiary/aromatic N) is 2. The van der Waals surface area contributed by atoms with E-state index in [2.05, 4.69) is 57.2 Å². The fraction of sp³-hybridized carbons (Fsp3) is 0.750. The van der Waals surface area contributed by atoms with Gasteiger partial charge in [0.25, 0.3) is 0 Å². The summed E-state index contributed by atoms with van der Waals surface area (Å²) in [5.74, 6) is -0.954. The standard InChI is InChI=1S/C24H41BrF2N4O2S2Si/c1-8-36(9-2,10-3)18-14-19(25)30-21(20(18)27)24(15-26,31-34(32)22(4,5)6)17-35(33)23(7,16-28)12-11-13-29-35/h14,29,31,33H,8-13,15,17H2,1-7H3/t23-,24-,34?/m0/s1. The molecular formula is C24H41BrF2N4O2S2Si. The number of pyridine rings is 1. The molecule has 0 aliphatic carbocycles. The fourth-order valence-corrected chi connectivity index (χ4v) is 12.9. The highest BCUT2D eigenvalue weighted by Gasteiger charge is 2.55. The van der Waals surface area contributed by atoms with Crippen LogP contribution >= 0.6 is 26.4 Å². The summed E-state index contributed by atoms with van der Waals surface area (Å²) in [6.07, 6.45) is 1.10. The van der Waals surface area contributed by atoms with E-state index >= 15 is 8.78 Å². The molecule has 6 nitrogen and oxygen atoms in total. The van der Waals surface area contributed by atoms with Crippen molar-refractivity contribution in [1.82, 2.24) is 14.4 Å². The number of nitrogens with one attached hydrogen (secondary N) is 2. The Balaban J connectivity index is 2.86. The number of halogens is 3. The van der Waals surface area contributed by atoms with Gasteiger partial charge >= 0.3 is 0 Å². The number of hydrogen-bond acceptors (Lipinski definition) is 6. The number of alkyl halides is 1. The average molecular weight is 628 g/mol. The average Bonchev–Trinajstić information content (AvgIpc) is 2.83. The summed E-state index contributed by atoms with van der Waals surface area (Å²) in [5.41, 5.74) is -2.12. The summed E-state index contributed by atoms with van der Waals surface area (Å²) in [6, 6.07) is 6.34. The van der Waals surface area contributed by atoms with Gasteiger partial charge in [0, 0.05) is 23.7 Å². The Hall–Kier alpha value is -0.263. The van der Waals surface area contributed by atoms with E-state index in [1.165, 1.54) is 0 Å². The van der Waals surface area contributed by atoms with E-state index in [9.17, 15) is 14.4 Å². The highest BCUT2D eigenvalue weighted by atomic mass is 79.9. The quantitative estimate of drug-likeness (QED) is 0.173. The smallest absolute Gasteiger partial charge is 0.147 e. The monoisotopic (exact) mass is 626 g/mol. The summed E-state index contributed by atoms with van der Waals surface area (Å²) in [4.78, 5) is 4.42. The van der Waals surface area contributed by atoms with Gasteiger partial charge in [0.05, 0.1) is 14.1 Å². The molecule has 1 aromatic rings. The molecule has 1 fully saturated rings. The van der Waals surface area contributed by atoms with Crippen molar-refractivity contribution < 1.29 is 17.9 Å². The summed E-state index contributed by atoms with van der Waals surface area (Å²) in [7, 11) is -5.26. The van der Waals surface area contributed by atoms with E-state index in [-0.39, 0.29) is 11.4 Å². The van der Waals surface area contributed by atoms with Gasteiger partial charge in [-0.2, -0.15) is 5.26 Å². The van der Waals surface area contributed by atoms with Crippen LogP contribution in [0.2, 0.25) is 18.1 Å². The first-order valence-corrected chi connectivity index (χ1v) is 18.8. The van der Waals surface area contributed by atoms with E-state index in [1.54, 1.807) is 33.8 Å². The molecule has 0 amide bonds. The van der Waals surface area contributed by atoms with E-state index in [4.69, 9.17) is 0 Å². The first-order valence-electron chi connectivity index (χ1n) is 12.4. The number of aromatic nitrogens is 1. The van der Waals surface area contributed by atoms with Gasteiger partial charge in [-0.15, -0.1) is 4.72 Å². The Kier molecular flexibility index (Phi) is 10.5. The Bertz CT molecular complexity index is 970. The molecule has 3 N–H and O–H groups in total. The topological polar surface area (TPSA) is 104 Å². The molecule has 2 unspecified atom stereocenters. The third-order valence-electron chi connectivity index (χ3n) is 7.66. The normalized spacial score (nSPS) is 27.5. The third-order valence-corrected chi connectivity index (χ3v) is 18.7. The van der Waals surface area contributed by atoms with Crippen molar-refractivity contribution in [3.63, 3.8) is 0 Å². The first-order chi connectivity index (χ1) is 16.6. The van der Waals surface area contributed by atoms with Gasteiger partial charge in [-0.3, -0.25) is 4.72 Å². The van der Waals surface area contributed by atoms with Crippen molar-refractivity contribution in [1.29, 1.82) is 5.26 Å². The summed E-state index contributed by atoms with van der Waals surface area (Å²) >= 11 is 1.61. The van der Waals surface area contributed by atoms with Crippen molar-refractivity contribution in [3.8, 4) is 6.07 Å². The predicted octanol–water partition coefficient (Wildman–Crippen LogP) is 5.77. The molecule has 4 atom stereocenters. The molecule has 2 rings (SSSR count). The van der Waals surface area contributed by atoms with Crippen LogP contribution in [0.25, 0.3) is 0 Å². The minimum Gasteiger partial charge on any atom is -0.598 e. The van der Waals surface area contributed by atoms with Crippen LogP contribution in [0.1, 0.15) is 67.0 Å². The maximum absolute atomic E-state index is 16.6. The Labute approximate surface area is 229 Å². The van der Waals surface area contributed by atoms with Crippen LogP contribution in [0.15, 0.2) is 10.7 Å². The SMILES string of the molecule is CC[Si](CC)(CC)c1cc(Br)nc([C@](CF)(CS2(O)NCCC[C@@]2(C)C#N)N[S+]([O-])C(C)(C)C)c1F. The van der Waals surface area contributed by atoms with Gasteiger partial charge in [0.15, 0.2) is 0 Å². The molecule has 0 spiro atoms. The van der Waals surface area contributed by atoms with Crippen molar-refractivity contribution >= 4 is 51.0 Å². The highest BCUT2D eigenvalue weighted by molar-refractivity contribution is 9.10. The maximum atomic E-state index is 16.6. The van der Waals surface area contributed by atoms with Gasteiger partial charge in [-0.25, -0.2) is 13.8 Å². The summed E-state index contributed by atoms with van der Waals surface area (Å²) in [5, 5.41) is 10.5. The molecule has 1 saturated heterocycles. The minimum atomic E-state index is -2.99. The number of hydrogen-bond donors (Lipinski definition) is 3. The predicted molar refractivity (Wildman–Crippen MR) is 154 cm³/mol. The van der Waals surface area contributed by atoms with Crippen LogP contribution in [-0.4, -0.2) is 50.6 Å². The summed E-state index contributed by atoms with van der Waals surface area (Å²) in [6.45, 7) is 12.3. The van der Waals surface area contributed by atoms with Gasteiger partial charge < -0.3 is 9.11 Å². The first kappa shape index (κ1) is 32.0. The summed E-state index contributed by atoms with van der Waals surface area (Å²) < 4.78 is 61.5. The molecule has 1 aromatic heterocycles. The van der Waals surface area contributed by atoms with Crippen LogP contribution < -0.4 is 14.6 Å². The molecule has 0 aromatic carbocycles. The Morgan fingerprint density at radius 1 is 1.36 bits per heavy atom. The fourth-order valence-electron chi connectivity index (χ4n) is 4.82. The lowest BCUT2D eigenvalue weighted by atomic mass is 9.99. The molecule has 0 saturated carbocycles. The van der Waals surface area contributed by atoms with Gasteiger partial charge in [-0.1, -0.05) is 49.4 Å². The molecule has 1 aliphatic heterocycles. The van der Waals surface area contributed by atoms with Crippen molar-refractivity contribution in [2.24, 2.45) is 0 Å². The lowest BCUT2D eigenvalue weighted by Crippen LogP contribution is -2.60. The van der Waals surface area contributed by atoms with Crippen LogP contribution in [0.5, 0.6) is 0 Å².